The van der Waals surface area contributed by atoms with Crippen molar-refractivity contribution in [3.05, 3.63) is 65.5 Å². The Kier molecular flexibility index (Phi) is 4.71. The quantitative estimate of drug-likeness (QED) is 0.663. The first-order valence-electron chi connectivity index (χ1n) is 6.51. The molecule has 2 aromatic carbocycles. The normalized spacial score (nSPS) is 11.4. The maximum absolute atomic E-state index is 12.8. The van der Waals surface area contributed by atoms with Gasteiger partial charge in [-0.1, -0.05) is 29.8 Å². The SMILES string of the molecule is Cc1ccc(NC(N)=NCCc2ccc(F)cc2)cc1. The monoisotopic (exact) mass is 271 g/mol. The number of hydrogen-bond acceptors (Lipinski definition) is 1. The van der Waals surface area contributed by atoms with Crippen molar-refractivity contribution in [2.24, 2.45) is 10.7 Å². The maximum atomic E-state index is 12.8. The summed E-state index contributed by atoms with van der Waals surface area (Å²) in [4.78, 5) is 4.25. The molecule has 4 heteroatoms. The van der Waals surface area contributed by atoms with Gasteiger partial charge in [0.2, 0.25) is 0 Å². The molecule has 0 bridgehead atoms. The van der Waals surface area contributed by atoms with Gasteiger partial charge in [-0.25, -0.2) is 4.39 Å². The van der Waals surface area contributed by atoms with Crippen LogP contribution in [0.5, 0.6) is 0 Å². The van der Waals surface area contributed by atoms with Crippen LogP contribution in [0.25, 0.3) is 0 Å². The van der Waals surface area contributed by atoms with Crippen molar-refractivity contribution < 1.29 is 4.39 Å². The number of benzene rings is 2. The van der Waals surface area contributed by atoms with Gasteiger partial charge in [-0.15, -0.1) is 0 Å². The zero-order valence-corrected chi connectivity index (χ0v) is 11.4. The Balaban J connectivity index is 1.84. The lowest BCUT2D eigenvalue weighted by atomic mass is 10.1. The number of nitrogens with one attached hydrogen (secondary N) is 1. The molecule has 0 saturated carbocycles. The topological polar surface area (TPSA) is 50.4 Å². The molecule has 2 aromatic rings. The Morgan fingerprint density at radius 3 is 2.40 bits per heavy atom. The van der Waals surface area contributed by atoms with Gasteiger partial charge in [-0.3, -0.25) is 4.99 Å². The van der Waals surface area contributed by atoms with E-state index in [0.717, 1.165) is 17.7 Å². The molecule has 0 fully saturated rings. The number of guanidine groups is 1. The van der Waals surface area contributed by atoms with Crippen LogP contribution in [-0.2, 0) is 6.42 Å². The largest absolute Gasteiger partial charge is 0.370 e. The minimum absolute atomic E-state index is 0.224. The Morgan fingerprint density at radius 2 is 1.75 bits per heavy atom. The molecule has 104 valence electrons. The molecule has 0 aromatic heterocycles. The molecule has 20 heavy (non-hydrogen) atoms. The highest BCUT2D eigenvalue weighted by atomic mass is 19.1. The van der Waals surface area contributed by atoms with Gasteiger partial charge < -0.3 is 11.1 Å². The molecular formula is C16H18FN3. The average Bonchev–Trinajstić information content (AvgIpc) is 2.44. The van der Waals surface area contributed by atoms with Gasteiger partial charge in [0.1, 0.15) is 5.82 Å². The number of halogens is 1. The van der Waals surface area contributed by atoms with E-state index in [2.05, 4.69) is 10.3 Å². The summed E-state index contributed by atoms with van der Waals surface area (Å²) in [6.07, 6.45) is 0.733. The summed E-state index contributed by atoms with van der Waals surface area (Å²) in [5.74, 6) is 0.161. The maximum Gasteiger partial charge on any atom is 0.193 e. The van der Waals surface area contributed by atoms with Crippen LogP contribution in [0.15, 0.2) is 53.5 Å². The van der Waals surface area contributed by atoms with Crippen LogP contribution in [0.3, 0.4) is 0 Å². The second-order valence-corrected chi connectivity index (χ2v) is 4.63. The molecule has 0 heterocycles. The van der Waals surface area contributed by atoms with Gasteiger partial charge in [0.05, 0.1) is 0 Å². The van der Waals surface area contributed by atoms with Crippen LogP contribution in [0.2, 0.25) is 0 Å². The third-order valence-electron chi connectivity index (χ3n) is 2.92. The third kappa shape index (κ3) is 4.39. The van der Waals surface area contributed by atoms with Crippen molar-refractivity contribution in [2.75, 3.05) is 11.9 Å². The van der Waals surface area contributed by atoms with Gasteiger partial charge in [0, 0.05) is 12.2 Å². The molecule has 0 aliphatic heterocycles. The summed E-state index contributed by atoms with van der Waals surface area (Å²) in [5, 5.41) is 3.03. The van der Waals surface area contributed by atoms with Gasteiger partial charge >= 0.3 is 0 Å². The summed E-state index contributed by atoms with van der Waals surface area (Å²) in [6.45, 7) is 2.60. The predicted molar refractivity (Wildman–Crippen MR) is 81.4 cm³/mol. The summed E-state index contributed by atoms with van der Waals surface area (Å²) in [7, 11) is 0. The van der Waals surface area contributed by atoms with Gasteiger partial charge in [0.25, 0.3) is 0 Å². The lowest BCUT2D eigenvalue weighted by Crippen LogP contribution is -2.23. The number of hydrogen-bond donors (Lipinski definition) is 2. The predicted octanol–water partition coefficient (Wildman–Crippen LogP) is 3.10. The highest BCUT2D eigenvalue weighted by Gasteiger charge is 1.96. The molecule has 0 radical (unpaired) electrons. The number of aliphatic imine (C=N–C) groups is 1. The van der Waals surface area contributed by atoms with Crippen molar-refractivity contribution in [3.63, 3.8) is 0 Å². The first-order chi connectivity index (χ1) is 9.63. The van der Waals surface area contributed by atoms with E-state index < -0.39 is 0 Å². The van der Waals surface area contributed by atoms with Crippen LogP contribution < -0.4 is 11.1 Å². The second-order valence-electron chi connectivity index (χ2n) is 4.63. The van der Waals surface area contributed by atoms with E-state index in [4.69, 9.17) is 5.73 Å². The Hall–Kier alpha value is -2.36. The third-order valence-corrected chi connectivity index (χ3v) is 2.92. The van der Waals surface area contributed by atoms with Crippen LogP contribution in [0.4, 0.5) is 10.1 Å². The number of nitrogens with zero attached hydrogens (tertiary/aromatic N) is 1. The standard InChI is InChI=1S/C16H18FN3/c1-12-2-8-15(9-3-12)20-16(18)19-11-10-13-4-6-14(17)7-5-13/h2-9H,10-11H2,1H3,(H3,18,19,20). The van der Waals surface area contributed by atoms with E-state index >= 15 is 0 Å². The average molecular weight is 271 g/mol. The minimum Gasteiger partial charge on any atom is -0.370 e. The van der Waals surface area contributed by atoms with Gasteiger partial charge in [-0.2, -0.15) is 0 Å². The van der Waals surface area contributed by atoms with Crippen LogP contribution in [0, 0.1) is 12.7 Å². The number of nitrogens with two attached hydrogens (primary N) is 1. The molecule has 0 aliphatic carbocycles. The molecule has 2 rings (SSSR count). The van der Waals surface area contributed by atoms with Crippen molar-refractivity contribution >= 4 is 11.6 Å². The summed E-state index contributed by atoms with van der Waals surface area (Å²) in [5.41, 5.74) is 8.96. The van der Waals surface area contributed by atoms with Crippen LogP contribution in [-0.4, -0.2) is 12.5 Å². The van der Waals surface area contributed by atoms with Crippen LogP contribution >= 0.6 is 0 Å². The molecule has 0 saturated heterocycles. The fourth-order valence-corrected chi connectivity index (χ4v) is 1.78. The van der Waals surface area contributed by atoms with Crippen molar-refractivity contribution in [1.82, 2.24) is 0 Å². The van der Waals surface area contributed by atoms with Crippen molar-refractivity contribution in [1.29, 1.82) is 0 Å². The lowest BCUT2D eigenvalue weighted by Gasteiger charge is -2.06. The van der Waals surface area contributed by atoms with Crippen molar-refractivity contribution in [2.45, 2.75) is 13.3 Å². The van der Waals surface area contributed by atoms with E-state index in [-0.39, 0.29) is 5.82 Å². The second kappa shape index (κ2) is 6.70. The van der Waals surface area contributed by atoms with Gasteiger partial charge in [-0.05, 0) is 43.2 Å². The first kappa shape index (κ1) is 14.1. The van der Waals surface area contributed by atoms with E-state index in [0.29, 0.717) is 12.5 Å². The first-order valence-corrected chi connectivity index (χ1v) is 6.51. The van der Waals surface area contributed by atoms with E-state index in [9.17, 15) is 4.39 Å². The molecular weight excluding hydrogens is 253 g/mol. The number of anilines is 1. The lowest BCUT2D eigenvalue weighted by molar-refractivity contribution is 0.627. The fourth-order valence-electron chi connectivity index (χ4n) is 1.78. The highest BCUT2D eigenvalue weighted by molar-refractivity contribution is 5.92. The van der Waals surface area contributed by atoms with Gasteiger partial charge in [0.15, 0.2) is 5.96 Å². The Labute approximate surface area is 118 Å². The summed E-state index contributed by atoms with van der Waals surface area (Å²) in [6, 6.07) is 14.3. The Morgan fingerprint density at radius 1 is 1.10 bits per heavy atom. The number of rotatable bonds is 4. The smallest absolute Gasteiger partial charge is 0.193 e. The molecule has 0 unspecified atom stereocenters. The van der Waals surface area contributed by atoms with E-state index in [1.54, 1.807) is 12.1 Å². The van der Waals surface area contributed by atoms with Crippen molar-refractivity contribution in [3.8, 4) is 0 Å². The zero-order valence-electron chi connectivity index (χ0n) is 11.4. The molecule has 0 atom stereocenters. The summed E-state index contributed by atoms with van der Waals surface area (Å²) >= 11 is 0. The minimum atomic E-state index is -0.224. The highest BCUT2D eigenvalue weighted by Crippen LogP contribution is 2.08. The zero-order chi connectivity index (χ0) is 14.4. The van der Waals surface area contributed by atoms with E-state index in [1.165, 1.54) is 17.7 Å². The molecule has 0 spiro atoms. The van der Waals surface area contributed by atoms with E-state index in [1.807, 2.05) is 31.2 Å². The Bertz CT molecular complexity index is 574. The van der Waals surface area contributed by atoms with Crippen LogP contribution in [0.1, 0.15) is 11.1 Å². The molecule has 0 amide bonds. The summed E-state index contributed by atoms with van der Waals surface area (Å²) < 4.78 is 12.8. The molecule has 3 nitrogen and oxygen atoms in total. The number of aryl methyl sites for hydroxylation is 1. The molecule has 0 aliphatic rings. The fraction of sp³-hybridized carbons (Fsp3) is 0.188. The molecule has 3 N–H and O–H groups in total.